The monoisotopic (exact) mass is 283 g/mol. The van der Waals surface area contributed by atoms with E-state index in [0.29, 0.717) is 26.0 Å². The number of rotatable bonds is 5. The van der Waals surface area contributed by atoms with Crippen molar-refractivity contribution in [2.45, 2.75) is 38.0 Å². The molecule has 0 aliphatic carbocycles. The molecule has 106 valence electrons. The van der Waals surface area contributed by atoms with Gasteiger partial charge >= 0.3 is 0 Å². The zero-order valence-corrected chi connectivity index (χ0v) is 12.2. The first-order valence-electron chi connectivity index (χ1n) is 6.65. The van der Waals surface area contributed by atoms with Gasteiger partial charge < -0.3 is 4.74 Å². The Hall–Kier alpha value is -0.910. The lowest BCUT2D eigenvalue weighted by Gasteiger charge is -2.16. The Kier molecular flexibility index (Phi) is 4.60. The molecule has 1 N–H and O–H groups in total. The molecule has 2 rings (SSSR count). The third-order valence-electron chi connectivity index (χ3n) is 3.66. The summed E-state index contributed by atoms with van der Waals surface area (Å²) in [6.07, 6.45) is 1.09. The molecular weight excluding hydrogens is 262 g/mol. The number of hydrogen-bond donors (Lipinski definition) is 1. The van der Waals surface area contributed by atoms with E-state index in [-0.39, 0.29) is 6.10 Å². The van der Waals surface area contributed by atoms with Crippen LogP contribution in [0.3, 0.4) is 0 Å². The first kappa shape index (κ1) is 14.5. The zero-order chi connectivity index (χ0) is 13.9. The van der Waals surface area contributed by atoms with Crippen LogP contribution in [0.5, 0.6) is 0 Å². The van der Waals surface area contributed by atoms with Gasteiger partial charge in [-0.2, -0.15) is 0 Å². The van der Waals surface area contributed by atoms with Crippen molar-refractivity contribution in [1.29, 1.82) is 0 Å². The molecule has 1 heterocycles. The molecule has 2 atom stereocenters. The molecule has 1 aliphatic rings. The number of nitrogens with one attached hydrogen (secondary N) is 1. The van der Waals surface area contributed by atoms with E-state index in [1.807, 2.05) is 38.1 Å². The lowest BCUT2D eigenvalue weighted by molar-refractivity contribution is 0.126. The van der Waals surface area contributed by atoms with Crippen LogP contribution < -0.4 is 4.72 Å². The molecule has 1 aliphatic heterocycles. The molecule has 1 aromatic carbocycles. The van der Waals surface area contributed by atoms with E-state index in [1.165, 1.54) is 11.1 Å². The Morgan fingerprint density at radius 2 is 2.11 bits per heavy atom. The van der Waals surface area contributed by atoms with Gasteiger partial charge in [0.25, 0.3) is 0 Å². The lowest BCUT2D eigenvalue weighted by atomic mass is 10.1. The molecule has 0 unspecified atom stereocenters. The van der Waals surface area contributed by atoms with E-state index in [1.54, 1.807) is 0 Å². The minimum Gasteiger partial charge on any atom is -0.377 e. The predicted molar refractivity (Wildman–Crippen MR) is 75.6 cm³/mol. The number of aryl methyl sites for hydroxylation is 1. The second-order valence-electron chi connectivity index (χ2n) is 5.02. The molecule has 5 heteroatoms. The van der Waals surface area contributed by atoms with Crippen LogP contribution in [0, 0.1) is 6.92 Å². The maximum Gasteiger partial charge on any atom is 0.217 e. The van der Waals surface area contributed by atoms with Crippen LogP contribution in [0.15, 0.2) is 24.3 Å². The molecule has 0 radical (unpaired) electrons. The molecule has 1 saturated heterocycles. The fourth-order valence-corrected chi connectivity index (χ4v) is 4.04. The standard InChI is InChI=1S/C14H21NO3S/c1-11-5-3-4-6-13(11)7-9-15-19(16,17)14-8-10-18-12(14)2/h3-6,12,14-15H,7-10H2,1-2H3/t12-,14-/m0/s1. The minimum absolute atomic E-state index is 0.212. The summed E-state index contributed by atoms with van der Waals surface area (Å²) >= 11 is 0. The van der Waals surface area contributed by atoms with Crippen LogP contribution in [0.4, 0.5) is 0 Å². The smallest absolute Gasteiger partial charge is 0.217 e. The number of ether oxygens (including phenoxy) is 1. The summed E-state index contributed by atoms with van der Waals surface area (Å²) in [6.45, 7) is 4.83. The summed E-state index contributed by atoms with van der Waals surface area (Å²) in [7, 11) is -3.27. The molecular formula is C14H21NO3S. The van der Waals surface area contributed by atoms with Gasteiger partial charge in [-0.15, -0.1) is 0 Å². The Morgan fingerprint density at radius 1 is 1.37 bits per heavy atom. The third-order valence-corrected chi connectivity index (χ3v) is 5.69. The van der Waals surface area contributed by atoms with Crippen molar-refractivity contribution < 1.29 is 13.2 Å². The van der Waals surface area contributed by atoms with Crippen LogP contribution in [-0.4, -0.2) is 32.9 Å². The van der Waals surface area contributed by atoms with Crippen LogP contribution in [-0.2, 0) is 21.2 Å². The second-order valence-corrected chi connectivity index (χ2v) is 7.00. The summed E-state index contributed by atoms with van der Waals surface area (Å²) in [5.41, 5.74) is 2.38. The van der Waals surface area contributed by atoms with Gasteiger partial charge in [-0.1, -0.05) is 24.3 Å². The van der Waals surface area contributed by atoms with Gasteiger partial charge in [-0.3, -0.25) is 0 Å². The summed E-state index contributed by atoms with van der Waals surface area (Å²) in [6, 6.07) is 8.03. The van der Waals surface area contributed by atoms with Gasteiger partial charge in [-0.05, 0) is 37.8 Å². The van der Waals surface area contributed by atoms with Crippen LogP contribution in [0.2, 0.25) is 0 Å². The highest BCUT2D eigenvalue weighted by atomic mass is 32.2. The molecule has 19 heavy (non-hydrogen) atoms. The molecule has 0 amide bonds. The van der Waals surface area contributed by atoms with Gasteiger partial charge in [0.15, 0.2) is 0 Å². The number of benzene rings is 1. The van der Waals surface area contributed by atoms with E-state index in [4.69, 9.17) is 4.74 Å². The van der Waals surface area contributed by atoms with E-state index in [0.717, 1.165) is 0 Å². The molecule has 1 fully saturated rings. The first-order valence-corrected chi connectivity index (χ1v) is 8.20. The van der Waals surface area contributed by atoms with Crippen molar-refractivity contribution in [3.8, 4) is 0 Å². The molecule has 0 saturated carbocycles. The van der Waals surface area contributed by atoms with E-state index in [9.17, 15) is 8.42 Å². The normalized spacial score (nSPS) is 23.7. The maximum atomic E-state index is 12.1. The summed E-state index contributed by atoms with van der Waals surface area (Å²) in [4.78, 5) is 0. The molecule has 0 aromatic heterocycles. The van der Waals surface area contributed by atoms with Crippen molar-refractivity contribution in [2.75, 3.05) is 13.2 Å². The summed E-state index contributed by atoms with van der Waals surface area (Å²) in [5.74, 6) is 0. The Morgan fingerprint density at radius 3 is 2.74 bits per heavy atom. The fraction of sp³-hybridized carbons (Fsp3) is 0.571. The van der Waals surface area contributed by atoms with Gasteiger partial charge in [-0.25, -0.2) is 13.1 Å². The molecule has 0 spiro atoms. The van der Waals surface area contributed by atoms with E-state index in [2.05, 4.69) is 4.72 Å². The van der Waals surface area contributed by atoms with Crippen molar-refractivity contribution in [3.05, 3.63) is 35.4 Å². The Balaban J connectivity index is 1.90. The van der Waals surface area contributed by atoms with Crippen LogP contribution >= 0.6 is 0 Å². The lowest BCUT2D eigenvalue weighted by Crippen LogP contribution is -2.39. The van der Waals surface area contributed by atoms with Crippen molar-refractivity contribution in [2.24, 2.45) is 0 Å². The van der Waals surface area contributed by atoms with E-state index < -0.39 is 15.3 Å². The maximum absolute atomic E-state index is 12.1. The quantitative estimate of drug-likeness (QED) is 0.893. The second kappa shape index (κ2) is 6.03. The van der Waals surface area contributed by atoms with Crippen LogP contribution in [0.1, 0.15) is 24.5 Å². The molecule has 0 bridgehead atoms. The van der Waals surface area contributed by atoms with Gasteiger partial charge in [0, 0.05) is 13.2 Å². The van der Waals surface area contributed by atoms with Crippen molar-refractivity contribution >= 4 is 10.0 Å². The molecule has 4 nitrogen and oxygen atoms in total. The third kappa shape index (κ3) is 3.55. The summed E-state index contributed by atoms with van der Waals surface area (Å²) in [5, 5.41) is -0.413. The topological polar surface area (TPSA) is 55.4 Å². The van der Waals surface area contributed by atoms with Crippen LogP contribution in [0.25, 0.3) is 0 Å². The molecule has 1 aromatic rings. The summed E-state index contributed by atoms with van der Waals surface area (Å²) < 4.78 is 32.3. The Bertz CT molecular complexity index is 527. The fourth-order valence-electron chi connectivity index (χ4n) is 2.45. The van der Waals surface area contributed by atoms with E-state index >= 15 is 0 Å². The van der Waals surface area contributed by atoms with Crippen molar-refractivity contribution in [1.82, 2.24) is 4.72 Å². The van der Waals surface area contributed by atoms with Gasteiger partial charge in [0.05, 0.1) is 6.10 Å². The van der Waals surface area contributed by atoms with Gasteiger partial charge in [0.1, 0.15) is 5.25 Å². The predicted octanol–water partition coefficient (Wildman–Crippen LogP) is 1.63. The SMILES string of the molecule is Cc1ccccc1CCNS(=O)(=O)[C@H]1CCO[C@H]1C. The highest BCUT2D eigenvalue weighted by Gasteiger charge is 2.35. The average Bonchev–Trinajstić information content (AvgIpc) is 2.79. The number of sulfonamides is 1. The largest absolute Gasteiger partial charge is 0.377 e. The Labute approximate surface area is 115 Å². The number of hydrogen-bond acceptors (Lipinski definition) is 3. The highest BCUT2D eigenvalue weighted by Crippen LogP contribution is 2.19. The van der Waals surface area contributed by atoms with Gasteiger partial charge in [0.2, 0.25) is 10.0 Å². The zero-order valence-electron chi connectivity index (χ0n) is 11.4. The first-order chi connectivity index (χ1) is 9.00. The van der Waals surface area contributed by atoms with Crippen molar-refractivity contribution in [3.63, 3.8) is 0 Å². The highest BCUT2D eigenvalue weighted by molar-refractivity contribution is 7.90. The minimum atomic E-state index is -3.27. The average molecular weight is 283 g/mol.